The van der Waals surface area contributed by atoms with Gasteiger partial charge in [0.05, 0.1) is 6.42 Å². The van der Waals surface area contributed by atoms with Gasteiger partial charge in [0.1, 0.15) is 0 Å². The maximum Gasteiger partial charge on any atom is 0.224 e. The highest BCUT2D eigenvalue weighted by Crippen LogP contribution is 2.37. The molecular formula is C18H25N3O2. The quantitative estimate of drug-likeness (QED) is 0.849. The molecular weight excluding hydrogens is 290 g/mol. The van der Waals surface area contributed by atoms with Crippen molar-refractivity contribution >= 4 is 11.8 Å². The first-order valence-corrected chi connectivity index (χ1v) is 8.47. The summed E-state index contributed by atoms with van der Waals surface area (Å²) in [4.78, 5) is 26.1. The SMILES string of the molecule is NC1CCC2CN(C(=O)CCNC(=O)Cc3ccccc3)CC12. The van der Waals surface area contributed by atoms with Gasteiger partial charge in [0.25, 0.3) is 0 Å². The van der Waals surface area contributed by atoms with Crippen LogP contribution in [-0.2, 0) is 16.0 Å². The maximum absolute atomic E-state index is 12.3. The molecule has 0 bridgehead atoms. The van der Waals surface area contributed by atoms with Crippen molar-refractivity contribution in [1.29, 1.82) is 0 Å². The molecule has 1 heterocycles. The number of nitrogens with one attached hydrogen (secondary N) is 1. The number of hydrogen-bond acceptors (Lipinski definition) is 3. The number of benzene rings is 1. The number of amides is 2. The molecule has 3 N–H and O–H groups in total. The predicted octanol–water partition coefficient (Wildman–Crippen LogP) is 0.931. The van der Waals surface area contributed by atoms with Gasteiger partial charge in [-0.25, -0.2) is 0 Å². The zero-order valence-corrected chi connectivity index (χ0v) is 13.4. The number of nitrogens with zero attached hydrogens (tertiary/aromatic N) is 1. The molecule has 5 heteroatoms. The van der Waals surface area contributed by atoms with Crippen LogP contribution < -0.4 is 11.1 Å². The summed E-state index contributed by atoms with van der Waals surface area (Å²) in [5.74, 6) is 1.16. The minimum atomic E-state index is -0.0377. The average molecular weight is 315 g/mol. The minimum Gasteiger partial charge on any atom is -0.355 e. The van der Waals surface area contributed by atoms with Crippen LogP contribution in [0.1, 0.15) is 24.8 Å². The normalized spacial score (nSPS) is 26.1. The summed E-state index contributed by atoms with van der Waals surface area (Å²) in [6.07, 6.45) is 2.96. The molecule has 23 heavy (non-hydrogen) atoms. The van der Waals surface area contributed by atoms with Gasteiger partial charge in [-0.1, -0.05) is 30.3 Å². The highest BCUT2D eigenvalue weighted by Gasteiger charge is 2.42. The van der Waals surface area contributed by atoms with Crippen molar-refractivity contribution in [2.45, 2.75) is 31.7 Å². The second-order valence-electron chi connectivity index (χ2n) is 6.73. The second kappa shape index (κ2) is 7.13. The molecule has 1 aromatic carbocycles. The van der Waals surface area contributed by atoms with E-state index in [1.54, 1.807) is 0 Å². The van der Waals surface area contributed by atoms with Crippen LogP contribution in [0, 0.1) is 11.8 Å². The van der Waals surface area contributed by atoms with E-state index in [0.29, 0.717) is 31.2 Å². The van der Waals surface area contributed by atoms with E-state index in [1.807, 2.05) is 35.2 Å². The third-order valence-corrected chi connectivity index (χ3v) is 5.13. The Labute approximate surface area is 137 Å². The number of hydrogen-bond donors (Lipinski definition) is 2. The molecule has 0 radical (unpaired) electrons. The summed E-state index contributed by atoms with van der Waals surface area (Å²) in [7, 11) is 0. The molecule has 124 valence electrons. The Balaban J connectivity index is 1.37. The highest BCUT2D eigenvalue weighted by molar-refractivity contribution is 5.80. The maximum atomic E-state index is 12.3. The number of rotatable bonds is 5. The number of likely N-dealkylation sites (tertiary alicyclic amines) is 1. The summed E-state index contributed by atoms with van der Waals surface area (Å²) in [5.41, 5.74) is 7.08. The summed E-state index contributed by atoms with van der Waals surface area (Å²) >= 11 is 0. The summed E-state index contributed by atoms with van der Waals surface area (Å²) in [6.45, 7) is 2.04. The van der Waals surface area contributed by atoms with Crippen LogP contribution in [0.2, 0.25) is 0 Å². The fraction of sp³-hybridized carbons (Fsp3) is 0.556. The Hall–Kier alpha value is -1.88. The van der Waals surface area contributed by atoms with Crippen molar-refractivity contribution in [1.82, 2.24) is 10.2 Å². The van der Waals surface area contributed by atoms with E-state index in [-0.39, 0.29) is 17.9 Å². The Bertz CT molecular complexity index is 561. The molecule has 1 aliphatic heterocycles. The molecule has 2 aliphatic rings. The first-order valence-electron chi connectivity index (χ1n) is 8.47. The van der Waals surface area contributed by atoms with Crippen molar-refractivity contribution in [2.24, 2.45) is 17.6 Å². The van der Waals surface area contributed by atoms with Crippen LogP contribution in [0.4, 0.5) is 0 Å². The first-order chi connectivity index (χ1) is 11.1. The number of nitrogens with two attached hydrogens (primary N) is 1. The molecule has 0 aromatic heterocycles. The van der Waals surface area contributed by atoms with E-state index in [1.165, 1.54) is 0 Å². The lowest BCUT2D eigenvalue weighted by atomic mass is 9.98. The Morgan fingerprint density at radius 1 is 1.17 bits per heavy atom. The zero-order chi connectivity index (χ0) is 16.2. The molecule has 3 atom stereocenters. The van der Waals surface area contributed by atoms with Crippen LogP contribution in [-0.4, -0.2) is 42.4 Å². The Morgan fingerprint density at radius 3 is 2.70 bits per heavy atom. The molecule has 0 spiro atoms. The van der Waals surface area contributed by atoms with Gasteiger partial charge < -0.3 is 16.0 Å². The van der Waals surface area contributed by atoms with Crippen molar-refractivity contribution < 1.29 is 9.59 Å². The summed E-state index contributed by atoms with van der Waals surface area (Å²) < 4.78 is 0. The lowest BCUT2D eigenvalue weighted by molar-refractivity contribution is -0.130. The number of carbonyl (C=O) groups excluding carboxylic acids is 2. The number of fused-ring (bicyclic) bond motifs is 1. The van der Waals surface area contributed by atoms with Crippen LogP contribution in [0.3, 0.4) is 0 Å². The lowest BCUT2D eigenvalue weighted by Gasteiger charge is -2.18. The summed E-state index contributed by atoms with van der Waals surface area (Å²) in [6, 6.07) is 9.87. The molecule has 1 saturated heterocycles. The molecule has 3 unspecified atom stereocenters. The van der Waals surface area contributed by atoms with E-state index in [4.69, 9.17) is 5.73 Å². The molecule has 5 nitrogen and oxygen atoms in total. The smallest absolute Gasteiger partial charge is 0.224 e. The van der Waals surface area contributed by atoms with Crippen LogP contribution in [0.5, 0.6) is 0 Å². The first kappa shape index (κ1) is 16.0. The third kappa shape index (κ3) is 3.91. The zero-order valence-electron chi connectivity index (χ0n) is 13.4. The van der Waals surface area contributed by atoms with E-state index in [2.05, 4.69) is 5.32 Å². The topological polar surface area (TPSA) is 75.4 Å². The van der Waals surface area contributed by atoms with Crippen molar-refractivity contribution in [3.05, 3.63) is 35.9 Å². The van der Waals surface area contributed by atoms with Crippen LogP contribution in [0.25, 0.3) is 0 Å². The van der Waals surface area contributed by atoms with E-state index >= 15 is 0 Å². The van der Waals surface area contributed by atoms with E-state index in [0.717, 1.165) is 31.5 Å². The molecule has 2 amide bonds. The highest BCUT2D eigenvalue weighted by atomic mass is 16.2. The van der Waals surface area contributed by atoms with Crippen LogP contribution >= 0.6 is 0 Å². The Morgan fingerprint density at radius 2 is 1.96 bits per heavy atom. The molecule has 1 aromatic rings. The van der Waals surface area contributed by atoms with Gasteiger partial charge in [-0.2, -0.15) is 0 Å². The van der Waals surface area contributed by atoms with E-state index in [9.17, 15) is 9.59 Å². The molecule has 1 saturated carbocycles. The minimum absolute atomic E-state index is 0.0377. The Kier molecular flexibility index (Phi) is 4.96. The molecule has 1 aliphatic carbocycles. The predicted molar refractivity (Wildman–Crippen MR) is 88.5 cm³/mol. The van der Waals surface area contributed by atoms with Gasteiger partial charge in [-0.05, 0) is 30.2 Å². The second-order valence-corrected chi connectivity index (χ2v) is 6.73. The standard InChI is InChI=1S/C18H25N3O2/c19-16-7-6-14-11-21(12-15(14)16)18(23)8-9-20-17(22)10-13-4-2-1-3-5-13/h1-5,14-16H,6-12,19H2,(H,20,22). The van der Waals surface area contributed by atoms with Gasteiger partial charge in [0.15, 0.2) is 0 Å². The fourth-order valence-corrected chi connectivity index (χ4v) is 3.82. The van der Waals surface area contributed by atoms with Crippen molar-refractivity contribution in [2.75, 3.05) is 19.6 Å². The van der Waals surface area contributed by atoms with Gasteiger partial charge in [0, 0.05) is 32.1 Å². The average Bonchev–Trinajstić information content (AvgIpc) is 3.11. The van der Waals surface area contributed by atoms with Gasteiger partial charge in [-0.3, -0.25) is 9.59 Å². The van der Waals surface area contributed by atoms with E-state index < -0.39 is 0 Å². The molecule has 3 rings (SSSR count). The monoisotopic (exact) mass is 315 g/mol. The van der Waals surface area contributed by atoms with Gasteiger partial charge in [0.2, 0.25) is 11.8 Å². The summed E-state index contributed by atoms with van der Waals surface area (Å²) in [5, 5.41) is 2.83. The molecule has 2 fully saturated rings. The van der Waals surface area contributed by atoms with Crippen molar-refractivity contribution in [3.8, 4) is 0 Å². The third-order valence-electron chi connectivity index (χ3n) is 5.13. The van der Waals surface area contributed by atoms with Crippen molar-refractivity contribution in [3.63, 3.8) is 0 Å². The largest absolute Gasteiger partial charge is 0.355 e. The van der Waals surface area contributed by atoms with Gasteiger partial charge >= 0.3 is 0 Å². The van der Waals surface area contributed by atoms with Gasteiger partial charge in [-0.15, -0.1) is 0 Å². The lowest BCUT2D eigenvalue weighted by Crippen LogP contribution is -2.36. The number of carbonyl (C=O) groups is 2. The van der Waals surface area contributed by atoms with Crippen LogP contribution in [0.15, 0.2) is 30.3 Å². The fourth-order valence-electron chi connectivity index (χ4n) is 3.82.